The summed E-state index contributed by atoms with van der Waals surface area (Å²) in [5.74, 6) is 0.722. The first-order chi connectivity index (χ1) is 13.2. The van der Waals surface area contributed by atoms with Crippen LogP contribution in [0.1, 0.15) is 40.0 Å². The number of carbonyl (C=O) groups is 1. The van der Waals surface area contributed by atoms with Crippen LogP contribution in [0, 0.1) is 0 Å². The molecular weight excluding hydrogens is 334 g/mol. The van der Waals surface area contributed by atoms with Crippen molar-refractivity contribution in [3.05, 3.63) is 101 Å². The Labute approximate surface area is 161 Å². The van der Waals surface area contributed by atoms with Gasteiger partial charge in [0.1, 0.15) is 5.75 Å². The Kier molecular flexibility index (Phi) is 6.26. The third-order valence-corrected chi connectivity index (χ3v) is 4.74. The highest BCUT2D eigenvalue weighted by molar-refractivity contribution is 5.96. The van der Waals surface area contributed by atoms with Gasteiger partial charge >= 0.3 is 0 Å². The highest BCUT2D eigenvalue weighted by Gasteiger charge is 2.16. The molecule has 0 saturated heterocycles. The molecule has 0 fully saturated rings. The third kappa shape index (κ3) is 4.76. The predicted molar refractivity (Wildman–Crippen MR) is 109 cm³/mol. The summed E-state index contributed by atoms with van der Waals surface area (Å²) >= 11 is 0. The summed E-state index contributed by atoms with van der Waals surface area (Å²) in [6.45, 7) is 1.97. The third-order valence-electron chi connectivity index (χ3n) is 4.74. The van der Waals surface area contributed by atoms with E-state index in [0.29, 0.717) is 0 Å². The van der Waals surface area contributed by atoms with Crippen LogP contribution in [0.5, 0.6) is 5.75 Å². The summed E-state index contributed by atoms with van der Waals surface area (Å²) in [5, 5.41) is 3.11. The van der Waals surface area contributed by atoms with Crippen LogP contribution in [0.4, 0.5) is 0 Å². The zero-order valence-corrected chi connectivity index (χ0v) is 15.8. The van der Waals surface area contributed by atoms with Crippen LogP contribution in [0.15, 0.2) is 78.9 Å². The van der Waals surface area contributed by atoms with E-state index in [2.05, 4.69) is 17.4 Å². The molecule has 0 aromatic heterocycles. The summed E-state index contributed by atoms with van der Waals surface area (Å²) < 4.78 is 5.41. The number of aryl methyl sites for hydroxylation is 2. The molecule has 0 spiro atoms. The number of hydrogen-bond donors (Lipinski definition) is 1. The lowest BCUT2D eigenvalue weighted by atomic mass is 9.98. The Balaban J connectivity index is 1.73. The molecule has 1 N–H and O–H groups in total. The fourth-order valence-corrected chi connectivity index (χ4v) is 3.26. The van der Waals surface area contributed by atoms with Gasteiger partial charge in [-0.1, -0.05) is 66.7 Å². The number of nitrogens with one attached hydrogen (secondary N) is 1. The molecule has 3 heteroatoms. The Morgan fingerprint density at radius 2 is 1.56 bits per heavy atom. The number of carbonyl (C=O) groups excluding carboxylic acids is 1. The lowest BCUT2D eigenvalue weighted by Gasteiger charge is -2.18. The minimum atomic E-state index is -0.143. The Morgan fingerprint density at radius 1 is 0.889 bits per heavy atom. The second-order valence-electron chi connectivity index (χ2n) is 6.58. The monoisotopic (exact) mass is 359 g/mol. The maximum absolute atomic E-state index is 12.9. The van der Waals surface area contributed by atoms with Gasteiger partial charge < -0.3 is 10.1 Å². The molecule has 0 aliphatic carbocycles. The van der Waals surface area contributed by atoms with E-state index in [1.807, 2.05) is 73.7 Å². The Morgan fingerprint density at radius 3 is 2.33 bits per heavy atom. The Hall–Kier alpha value is -3.07. The topological polar surface area (TPSA) is 38.3 Å². The van der Waals surface area contributed by atoms with Gasteiger partial charge in [0.05, 0.1) is 13.2 Å². The lowest BCUT2D eigenvalue weighted by molar-refractivity contribution is 0.0938. The van der Waals surface area contributed by atoms with Crippen molar-refractivity contribution in [1.29, 1.82) is 0 Å². The van der Waals surface area contributed by atoms with Gasteiger partial charge in [-0.15, -0.1) is 0 Å². The van der Waals surface area contributed by atoms with E-state index < -0.39 is 0 Å². The molecule has 1 amide bonds. The first-order valence-corrected chi connectivity index (χ1v) is 9.24. The average molecular weight is 359 g/mol. The highest BCUT2D eigenvalue weighted by atomic mass is 16.5. The lowest BCUT2D eigenvalue weighted by Crippen LogP contribution is -2.27. The molecule has 3 aromatic carbocycles. The van der Waals surface area contributed by atoms with Crippen molar-refractivity contribution in [2.75, 3.05) is 7.11 Å². The van der Waals surface area contributed by atoms with Gasteiger partial charge in [-0.3, -0.25) is 4.79 Å². The van der Waals surface area contributed by atoms with Crippen LogP contribution in [0.3, 0.4) is 0 Å². The molecule has 138 valence electrons. The van der Waals surface area contributed by atoms with Crippen molar-refractivity contribution >= 4 is 5.91 Å². The number of ether oxygens (including phenoxy) is 1. The SMILES string of the molecule is COc1ccccc1[C@H](C)NC(=O)c1ccccc1CCc1ccccc1. The van der Waals surface area contributed by atoms with Gasteiger partial charge in [0.25, 0.3) is 5.91 Å². The van der Waals surface area contributed by atoms with E-state index >= 15 is 0 Å². The van der Waals surface area contributed by atoms with Crippen molar-refractivity contribution in [3.8, 4) is 5.75 Å². The van der Waals surface area contributed by atoms with Gasteiger partial charge in [0.15, 0.2) is 0 Å². The number of benzene rings is 3. The first-order valence-electron chi connectivity index (χ1n) is 9.24. The molecule has 0 heterocycles. The fourth-order valence-electron chi connectivity index (χ4n) is 3.26. The maximum Gasteiger partial charge on any atom is 0.252 e. The predicted octanol–water partition coefficient (Wildman–Crippen LogP) is 4.97. The molecule has 1 atom stereocenters. The molecule has 0 unspecified atom stereocenters. The number of hydrogen-bond acceptors (Lipinski definition) is 2. The van der Waals surface area contributed by atoms with E-state index in [9.17, 15) is 4.79 Å². The second-order valence-corrected chi connectivity index (χ2v) is 6.58. The number of rotatable bonds is 7. The van der Waals surface area contributed by atoms with E-state index in [0.717, 1.165) is 35.3 Å². The van der Waals surface area contributed by atoms with E-state index in [1.165, 1.54) is 5.56 Å². The molecule has 3 aromatic rings. The number of methoxy groups -OCH3 is 1. The van der Waals surface area contributed by atoms with Crippen LogP contribution in [0.2, 0.25) is 0 Å². The van der Waals surface area contributed by atoms with Crippen molar-refractivity contribution in [3.63, 3.8) is 0 Å². The molecule has 0 aliphatic heterocycles. The molecule has 0 radical (unpaired) electrons. The molecular formula is C24H25NO2. The van der Waals surface area contributed by atoms with Gasteiger partial charge in [-0.05, 0) is 43.0 Å². The van der Waals surface area contributed by atoms with Crippen LogP contribution in [-0.4, -0.2) is 13.0 Å². The molecule has 0 aliphatic rings. The van der Waals surface area contributed by atoms with Crippen molar-refractivity contribution < 1.29 is 9.53 Å². The smallest absolute Gasteiger partial charge is 0.252 e. The summed E-state index contributed by atoms with van der Waals surface area (Å²) in [6, 6.07) is 25.8. The summed E-state index contributed by atoms with van der Waals surface area (Å²) in [7, 11) is 1.65. The van der Waals surface area contributed by atoms with Crippen molar-refractivity contribution in [1.82, 2.24) is 5.32 Å². The number of amides is 1. The van der Waals surface area contributed by atoms with Gasteiger partial charge in [-0.2, -0.15) is 0 Å². The van der Waals surface area contributed by atoms with Gasteiger partial charge in [-0.25, -0.2) is 0 Å². The van der Waals surface area contributed by atoms with Gasteiger partial charge in [0.2, 0.25) is 0 Å². The normalized spacial score (nSPS) is 11.6. The van der Waals surface area contributed by atoms with E-state index in [-0.39, 0.29) is 11.9 Å². The molecule has 0 saturated carbocycles. The van der Waals surface area contributed by atoms with Gasteiger partial charge in [0, 0.05) is 11.1 Å². The molecule has 0 bridgehead atoms. The second kappa shape index (κ2) is 9.04. The van der Waals surface area contributed by atoms with Crippen LogP contribution in [-0.2, 0) is 12.8 Å². The van der Waals surface area contributed by atoms with Crippen LogP contribution in [0.25, 0.3) is 0 Å². The molecule has 27 heavy (non-hydrogen) atoms. The van der Waals surface area contributed by atoms with E-state index in [4.69, 9.17) is 4.74 Å². The quantitative estimate of drug-likeness (QED) is 0.647. The van der Waals surface area contributed by atoms with Crippen molar-refractivity contribution in [2.24, 2.45) is 0 Å². The standard InChI is InChI=1S/C24H25NO2/c1-18(21-13-8-9-15-23(21)27-2)25-24(26)22-14-7-6-12-20(22)17-16-19-10-4-3-5-11-19/h3-15,18H,16-17H2,1-2H3,(H,25,26)/t18-/m0/s1. The first kappa shape index (κ1) is 18.7. The fraction of sp³-hybridized carbons (Fsp3) is 0.208. The highest BCUT2D eigenvalue weighted by Crippen LogP contribution is 2.25. The minimum absolute atomic E-state index is 0.0583. The largest absolute Gasteiger partial charge is 0.496 e. The van der Waals surface area contributed by atoms with Crippen LogP contribution >= 0.6 is 0 Å². The maximum atomic E-state index is 12.9. The summed E-state index contributed by atoms with van der Waals surface area (Å²) in [5.41, 5.74) is 4.03. The Bertz CT molecular complexity index is 890. The van der Waals surface area contributed by atoms with Crippen LogP contribution < -0.4 is 10.1 Å². The zero-order chi connectivity index (χ0) is 19.1. The average Bonchev–Trinajstić information content (AvgIpc) is 2.73. The summed E-state index contributed by atoms with van der Waals surface area (Å²) in [4.78, 5) is 12.9. The minimum Gasteiger partial charge on any atom is -0.496 e. The van der Waals surface area contributed by atoms with E-state index in [1.54, 1.807) is 7.11 Å². The van der Waals surface area contributed by atoms with Crippen molar-refractivity contribution in [2.45, 2.75) is 25.8 Å². The number of para-hydroxylation sites is 1. The molecule has 3 rings (SSSR count). The molecule has 3 nitrogen and oxygen atoms in total. The summed E-state index contributed by atoms with van der Waals surface area (Å²) in [6.07, 6.45) is 1.74. The zero-order valence-electron chi connectivity index (χ0n) is 15.8.